The van der Waals surface area contributed by atoms with Crippen molar-refractivity contribution in [2.24, 2.45) is 0 Å². The standard InChI is InChI=1S/C12H16F3N3O2/c1-11(2,3)20-10(19)18-6-7-5-17-9(4-8(7)16)12(13,14)15/h4-5H,6H2,1-3H3,(H2,16,17)(H,18,19). The average Bonchev–Trinajstić information content (AvgIpc) is 2.23. The Morgan fingerprint density at radius 1 is 1.40 bits per heavy atom. The van der Waals surface area contributed by atoms with E-state index in [0.29, 0.717) is 0 Å². The summed E-state index contributed by atoms with van der Waals surface area (Å²) >= 11 is 0. The van der Waals surface area contributed by atoms with E-state index in [1.807, 2.05) is 0 Å². The van der Waals surface area contributed by atoms with Crippen LogP contribution in [-0.2, 0) is 17.5 Å². The molecule has 112 valence electrons. The molecular weight excluding hydrogens is 275 g/mol. The monoisotopic (exact) mass is 291 g/mol. The summed E-state index contributed by atoms with van der Waals surface area (Å²) in [7, 11) is 0. The van der Waals surface area contributed by atoms with Gasteiger partial charge in [-0.15, -0.1) is 0 Å². The fraction of sp³-hybridized carbons (Fsp3) is 0.500. The summed E-state index contributed by atoms with van der Waals surface area (Å²) in [4.78, 5) is 14.7. The summed E-state index contributed by atoms with van der Waals surface area (Å²) < 4.78 is 42.2. The Hall–Kier alpha value is -1.99. The highest BCUT2D eigenvalue weighted by Crippen LogP contribution is 2.29. The van der Waals surface area contributed by atoms with Gasteiger partial charge in [0.05, 0.1) is 0 Å². The number of amides is 1. The van der Waals surface area contributed by atoms with Crippen molar-refractivity contribution in [2.75, 3.05) is 5.73 Å². The van der Waals surface area contributed by atoms with Crippen molar-refractivity contribution < 1.29 is 22.7 Å². The molecule has 0 radical (unpaired) electrons. The van der Waals surface area contributed by atoms with Crippen molar-refractivity contribution in [2.45, 2.75) is 39.1 Å². The Morgan fingerprint density at radius 3 is 2.45 bits per heavy atom. The van der Waals surface area contributed by atoms with Crippen molar-refractivity contribution in [1.29, 1.82) is 0 Å². The molecule has 1 aromatic rings. The number of alkyl halides is 3. The number of carbonyl (C=O) groups is 1. The predicted octanol–water partition coefficient (Wildman–Crippen LogP) is 2.71. The first-order valence-electron chi connectivity index (χ1n) is 5.77. The second kappa shape index (κ2) is 5.56. The number of rotatable bonds is 2. The molecule has 0 fully saturated rings. The highest BCUT2D eigenvalue weighted by atomic mass is 19.4. The molecule has 0 aliphatic heterocycles. The first kappa shape index (κ1) is 16.1. The summed E-state index contributed by atoms with van der Waals surface area (Å²) in [6.45, 7) is 5.02. The van der Waals surface area contributed by atoms with Gasteiger partial charge in [-0.2, -0.15) is 13.2 Å². The van der Waals surface area contributed by atoms with Crippen LogP contribution in [0, 0.1) is 0 Å². The SMILES string of the molecule is CC(C)(C)OC(=O)NCc1cnc(C(F)(F)F)cc1N. The van der Waals surface area contributed by atoms with Gasteiger partial charge in [0, 0.05) is 24.0 Å². The number of nitrogens with one attached hydrogen (secondary N) is 1. The minimum Gasteiger partial charge on any atom is -0.444 e. The number of alkyl carbamates (subject to hydrolysis) is 1. The molecule has 0 aromatic carbocycles. The van der Waals surface area contributed by atoms with Gasteiger partial charge in [0.25, 0.3) is 0 Å². The van der Waals surface area contributed by atoms with Gasteiger partial charge >= 0.3 is 12.3 Å². The molecule has 1 aromatic heterocycles. The van der Waals surface area contributed by atoms with E-state index in [4.69, 9.17) is 10.5 Å². The number of ether oxygens (including phenoxy) is 1. The van der Waals surface area contributed by atoms with Crippen LogP contribution < -0.4 is 11.1 Å². The molecule has 0 atom stereocenters. The van der Waals surface area contributed by atoms with Crippen molar-refractivity contribution in [1.82, 2.24) is 10.3 Å². The minimum atomic E-state index is -4.55. The Kier molecular flexibility index (Phi) is 4.46. The molecule has 1 heterocycles. The highest BCUT2D eigenvalue weighted by Gasteiger charge is 2.32. The molecule has 0 aliphatic rings. The molecule has 0 unspecified atom stereocenters. The van der Waals surface area contributed by atoms with E-state index < -0.39 is 23.6 Å². The van der Waals surface area contributed by atoms with Gasteiger partial charge in [-0.3, -0.25) is 4.98 Å². The van der Waals surface area contributed by atoms with E-state index in [-0.39, 0.29) is 17.8 Å². The zero-order valence-electron chi connectivity index (χ0n) is 11.3. The molecule has 20 heavy (non-hydrogen) atoms. The topological polar surface area (TPSA) is 77.2 Å². The molecule has 5 nitrogen and oxygen atoms in total. The van der Waals surface area contributed by atoms with Crippen molar-refractivity contribution in [3.05, 3.63) is 23.5 Å². The first-order valence-corrected chi connectivity index (χ1v) is 5.77. The number of carbonyl (C=O) groups excluding carboxylic acids is 1. The average molecular weight is 291 g/mol. The van der Waals surface area contributed by atoms with Crippen LogP contribution in [0.5, 0.6) is 0 Å². The van der Waals surface area contributed by atoms with E-state index in [1.54, 1.807) is 20.8 Å². The highest BCUT2D eigenvalue weighted by molar-refractivity contribution is 5.68. The maximum Gasteiger partial charge on any atom is 0.433 e. The Labute approximate surface area is 114 Å². The van der Waals surface area contributed by atoms with Gasteiger partial charge in [0.15, 0.2) is 0 Å². The van der Waals surface area contributed by atoms with Crippen LogP contribution in [0.15, 0.2) is 12.3 Å². The Bertz CT molecular complexity index is 496. The van der Waals surface area contributed by atoms with Gasteiger partial charge in [0.2, 0.25) is 0 Å². The first-order chi connectivity index (χ1) is 8.99. The number of hydrogen-bond acceptors (Lipinski definition) is 4. The van der Waals surface area contributed by atoms with E-state index in [9.17, 15) is 18.0 Å². The number of pyridine rings is 1. The Balaban J connectivity index is 2.68. The fourth-order valence-electron chi connectivity index (χ4n) is 1.28. The molecule has 3 N–H and O–H groups in total. The number of anilines is 1. The lowest BCUT2D eigenvalue weighted by molar-refractivity contribution is -0.141. The molecule has 0 saturated carbocycles. The van der Waals surface area contributed by atoms with Crippen LogP contribution in [0.2, 0.25) is 0 Å². The van der Waals surface area contributed by atoms with Gasteiger partial charge in [-0.25, -0.2) is 4.79 Å². The van der Waals surface area contributed by atoms with Crippen molar-refractivity contribution in [3.8, 4) is 0 Å². The number of hydrogen-bond donors (Lipinski definition) is 2. The molecule has 0 aliphatic carbocycles. The van der Waals surface area contributed by atoms with Crippen LogP contribution in [0.4, 0.5) is 23.7 Å². The van der Waals surface area contributed by atoms with E-state index >= 15 is 0 Å². The van der Waals surface area contributed by atoms with Gasteiger partial charge in [-0.1, -0.05) is 0 Å². The van der Waals surface area contributed by atoms with Crippen molar-refractivity contribution >= 4 is 11.8 Å². The number of nitrogens with two attached hydrogens (primary N) is 1. The second-order valence-electron chi connectivity index (χ2n) is 5.12. The minimum absolute atomic E-state index is 0.0636. The number of nitrogen functional groups attached to an aromatic ring is 1. The van der Waals surface area contributed by atoms with E-state index in [0.717, 1.165) is 12.3 Å². The van der Waals surface area contributed by atoms with Gasteiger partial charge < -0.3 is 15.8 Å². The third-order valence-corrected chi connectivity index (χ3v) is 2.13. The predicted molar refractivity (Wildman–Crippen MR) is 66.7 cm³/mol. The number of aromatic nitrogens is 1. The third-order valence-electron chi connectivity index (χ3n) is 2.13. The zero-order valence-corrected chi connectivity index (χ0v) is 11.3. The Morgan fingerprint density at radius 2 is 2.00 bits per heavy atom. The zero-order chi connectivity index (χ0) is 15.6. The summed E-state index contributed by atoms with van der Waals surface area (Å²) in [5.41, 5.74) is 3.95. The fourth-order valence-corrected chi connectivity index (χ4v) is 1.28. The molecule has 1 rings (SSSR count). The lowest BCUT2D eigenvalue weighted by atomic mass is 10.2. The molecule has 8 heteroatoms. The maximum atomic E-state index is 12.4. The van der Waals surface area contributed by atoms with Gasteiger partial charge in [0.1, 0.15) is 11.3 Å². The smallest absolute Gasteiger partial charge is 0.433 e. The molecule has 0 bridgehead atoms. The summed E-state index contributed by atoms with van der Waals surface area (Å²) in [6, 6.07) is 0.728. The molecular formula is C12H16F3N3O2. The largest absolute Gasteiger partial charge is 0.444 e. The quantitative estimate of drug-likeness (QED) is 0.878. The lowest BCUT2D eigenvalue weighted by Crippen LogP contribution is -2.32. The van der Waals surface area contributed by atoms with Crippen LogP contribution in [-0.4, -0.2) is 16.7 Å². The lowest BCUT2D eigenvalue weighted by Gasteiger charge is -2.19. The normalized spacial score (nSPS) is 12.1. The molecule has 1 amide bonds. The number of nitrogens with zero attached hydrogens (tertiary/aromatic N) is 1. The summed E-state index contributed by atoms with van der Waals surface area (Å²) in [5, 5.41) is 2.39. The van der Waals surface area contributed by atoms with E-state index in [1.165, 1.54) is 0 Å². The van der Waals surface area contributed by atoms with Crippen LogP contribution >= 0.6 is 0 Å². The molecule has 0 spiro atoms. The number of halogens is 3. The van der Waals surface area contributed by atoms with Crippen molar-refractivity contribution in [3.63, 3.8) is 0 Å². The van der Waals surface area contributed by atoms with E-state index in [2.05, 4.69) is 10.3 Å². The van der Waals surface area contributed by atoms with Crippen LogP contribution in [0.3, 0.4) is 0 Å². The molecule has 0 saturated heterocycles. The maximum absolute atomic E-state index is 12.4. The van der Waals surface area contributed by atoms with Gasteiger partial charge in [-0.05, 0) is 26.8 Å². The summed E-state index contributed by atoms with van der Waals surface area (Å²) in [5.74, 6) is 0. The summed E-state index contributed by atoms with van der Waals surface area (Å²) in [6.07, 6.45) is -4.25. The van der Waals surface area contributed by atoms with Crippen LogP contribution in [0.25, 0.3) is 0 Å². The third kappa shape index (κ3) is 4.94. The van der Waals surface area contributed by atoms with Crippen LogP contribution in [0.1, 0.15) is 32.0 Å². The second-order valence-corrected chi connectivity index (χ2v) is 5.12.